The Hall–Kier alpha value is -2.82. The van der Waals surface area contributed by atoms with E-state index in [9.17, 15) is 9.59 Å². The summed E-state index contributed by atoms with van der Waals surface area (Å²) in [5.41, 5.74) is 3.36. The third-order valence-corrected chi connectivity index (χ3v) is 5.27. The smallest absolute Gasteiger partial charge is 0.260 e. The molecule has 0 aliphatic carbocycles. The second-order valence-corrected chi connectivity index (χ2v) is 7.76. The van der Waals surface area contributed by atoms with Crippen molar-refractivity contribution in [3.8, 4) is 5.75 Å². The van der Waals surface area contributed by atoms with Gasteiger partial charge in [-0.3, -0.25) is 9.59 Å². The maximum Gasteiger partial charge on any atom is 0.260 e. The zero-order valence-electron chi connectivity index (χ0n) is 17.6. The highest BCUT2D eigenvalue weighted by Crippen LogP contribution is 2.38. The molecule has 1 heterocycles. The van der Waals surface area contributed by atoms with Crippen molar-refractivity contribution in [2.24, 2.45) is 5.92 Å². The number of likely N-dealkylation sites (N-methyl/N-ethyl adjacent to an activating group) is 1. The third-order valence-electron chi connectivity index (χ3n) is 5.27. The minimum Gasteiger partial charge on any atom is -0.481 e. The highest BCUT2D eigenvalue weighted by atomic mass is 16.5. The topological polar surface area (TPSA) is 58.6 Å². The van der Waals surface area contributed by atoms with Crippen LogP contribution in [0.3, 0.4) is 0 Å². The Labute approximate surface area is 173 Å². The van der Waals surface area contributed by atoms with E-state index in [0.717, 1.165) is 17.5 Å². The molecule has 0 spiro atoms. The maximum atomic E-state index is 13.0. The quantitative estimate of drug-likeness (QED) is 0.812. The Morgan fingerprint density at radius 2 is 1.86 bits per heavy atom. The monoisotopic (exact) mass is 394 g/mol. The predicted molar refractivity (Wildman–Crippen MR) is 114 cm³/mol. The zero-order chi connectivity index (χ0) is 21.0. The summed E-state index contributed by atoms with van der Waals surface area (Å²) in [5, 5.41) is 2.78. The van der Waals surface area contributed by atoms with Gasteiger partial charge in [0.05, 0.1) is 6.04 Å². The molecule has 1 aliphatic rings. The van der Waals surface area contributed by atoms with Gasteiger partial charge in [-0.2, -0.15) is 0 Å². The van der Waals surface area contributed by atoms with Gasteiger partial charge in [0, 0.05) is 19.0 Å². The van der Waals surface area contributed by atoms with Crippen LogP contribution in [0.1, 0.15) is 50.4 Å². The third kappa shape index (κ3) is 4.61. The molecule has 2 atom stereocenters. The first kappa shape index (κ1) is 20.9. The van der Waals surface area contributed by atoms with Crippen LogP contribution < -0.4 is 10.1 Å². The molecule has 0 saturated carbocycles. The average molecular weight is 395 g/mol. The highest BCUT2D eigenvalue weighted by Gasteiger charge is 2.33. The number of carbonyl (C=O) groups excluding carboxylic acids is 2. The first-order chi connectivity index (χ1) is 13.9. The first-order valence-corrected chi connectivity index (χ1v) is 10.3. The van der Waals surface area contributed by atoms with E-state index in [1.165, 1.54) is 5.56 Å². The summed E-state index contributed by atoms with van der Waals surface area (Å²) in [6.07, 6.45) is 0.226. The highest BCUT2D eigenvalue weighted by molar-refractivity contribution is 5.81. The van der Waals surface area contributed by atoms with Crippen LogP contribution in [0.25, 0.3) is 0 Å². The van der Waals surface area contributed by atoms with Gasteiger partial charge in [0.25, 0.3) is 5.91 Å². The molecule has 0 saturated heterocycles. The van der Waals surface area contributed by atoms with Gasteiger partial charge >= 0.3 is 0 Å². The molecular formula is C24H30N2O3. The van der Waals surface area contributed by atoms with Crippen molar-refractivity contribution in [3.63, 3.8) is 0 Å². The molecule has 0 fully saturated rings. The van der Waals surface area contributed by atoms with Crippen molar-refractivity contribution < 1.29 is 14.3 Å². The van der Waals surface area contributed by atoms with E-state index in [1.807, 2.05) is 56.0 Å². The van der Waals surface area contributed by atoms with E-state index in [0.29, 0.717) is 18.8 Å². The van der Waals surface area contributed by atoms with Crippen molar-refractivity contribution in [1.29, 1.82) is 0 Å². The number of hydrogen-bond donors (Lipinski definition) is 1. The molecule has 3 rings (SSSR count). The molecule has 0 unspecified atom stereocenters. The second kappa shape index (κ2) is 9.12. The Morgan fingerprint density at radius 1 is 1.14 bits per heavy atom. The summed E-state index contributed by atoms with van der Waals surface area (Å²) < 4.78 is 5.91. The number of ether oxygens (including phenoxy) is 1. The van der Waals surface area contributed by atoms with Crippen LogP contribution in [0, 0.1) is 5.92 Å². The van der Waals surface area contributed by atoms with Gasteiger partial charge in [0.1, 0.15) is 5.75 Å². The summed E-state index contributed by atoms with van der Waals surface area (Å²) in [5.74, 6) is 0.579. The van der Waals surface area contributed by atoms with E-state index >= 15 is 0 Å². The minimum absolute atomic E-state index is 0.0695. The molecule has 154 valence electrons. The molecule has 0 bridgehead atoms. The Balaban J connectivity index is 1.98. The Morgan fingerprint density at radius 3 is 2.52 bits per heavy atom. The fourth-order valence-corrected chi connectivity index (χ4v) is 3.81. The number of rotatable bonds is 6. The number of amides is 2. The van der Waals surface area contributed by atoms with Gasteiger partial charge in [-0.05, 0) is 49.1 Å². The fraction of sp³-hybridized carbons (Fsp3) is 0.417. The summed E-state index contributed by atoms with van der Waals surface area (Å²) in [6.45, 7) is 8.76. The van der Waals surface area contributed by atoms with Crippen molar-refractivity contribution in [2.45, 2.75) is 46.3 Å². The Kier molecular flexibility index (Phi) is 6.57. The summed E-state index contributed by atoms with van der Waals surface area (Å²) in [4.78, 5) is 27.0. The lowest BCUT2D eigenvalue weighted by atomic mass is 9.87. The number of nitrogens with one attached hydrogen (secondary N) is 1. The van der Waals surface area contributed by atoms with Gasteiger partial charge in [0.15, 0.2) is 6.10 Å². The average Bonchev–Trinajstić information content (AvgIpc) is 2.73. The molecule has 2 aromatic carbocycles. The normalized spacial score (nSPS) is 16.9. The van der Waals surface area contributed by atoms with E-state index in [4.69, 9.17) is 4.74 Å². The van der Waals surface area contributed by atoms with E-state index in [1.54, 1.807) is 6.92 Å². The lowest BCUT2D eigenvalue weighted by Crippen LogP contribution is -2.42. The molecule has 2 amide bonds. The number of fused-ring (bicyclic) bond motifs is 1. The van der Waals surface area contributed by atoms with E-state index in [2.05, 4.69) is 23.5 Å². The van der Waals surface area contributed by atoms with Crippen molar-refractivity contribution >= 4 is 11.8 Å². The molecule has 29 heavy (non-hydrogen) atoms. The molecule has 0 aromatic heterocycles. The second-order valence-electron chi connectivity index (χ2n) is 7.76. The van der Waals surface area contributed by atoms with Gasteiger partial charge < -0.3 is 15.0 Å². The lowest BCUT2D eigenvalue weighted by Gasteiger charge is -2.39. The first-order valence-electron chi connectivity index (χ1n) is 10.3. The van der Waals surface area contributed by atoms with Gasteiger partial charge in [-0.25, -0.2) is 0 Å². The van der Waals surface area contributed by atoms with Crippen LogP contribution in [-0.4, -0.2) is 35.9 Å². The number of carbonyl (C=O) groups is 2. The van der Waals surface area contributed by atoms with Crippen LogP contribution in [0.4, 0.5) is 0 Å². The Bertz CT molecular complexity index is 864. The maximum absolute atomic E-state index is 13.0. The molecule has 1 aliphatic heterocycles. The number of nitrogens with zero attached hydrogens (tertiary/aromatic N) is 1. The summed E-state index contributed by atoms with van der Waals surface area (Å²) in [6, 6.07) is 15.9. The van der Waals surface area contributed by atoms with Crippen LogP contribution in [-0.2, 0) is 16.0 Å². The zero-order valence-corrected chi connectivity index (χ0v) is 17.6. The largest absolute Gasteiger partial charge is 0.481 e. The van der Waals surface area contributed by atoms with Crippen LogP contribution in [0.5, 0.6) is 5.75 Å². The molecule has 5 nitrogen and oxygen atoms in total. The van der Waals surface area contributed by atoms with E-state index in [-0.39, 0.29) is 23.8 Å². The van der Waals surface area contributed by atoms with Gasteiger partial charge in [-0.1, -0.05) is 50.2 Å². The van der Waals surface area contributed by atoms with Crippen LogP contribution in [0.2, 0.25) is 0 Å². The number of hydrogen-bond acceptors (Lipinski definition) is 3. The SMILES string of the molecule is CCNC(=O)[C@@H](C)Oc1ccc2c(c1)[C@H](c1ccccc1)N(C(=O)C(C)C)CC2. The van der Waals surface area contributed by atoms with Crippen molar-refractivity contribution in [2.75, 3.05) is 13.1 Å². The molecule has 2 aromatic rings. The summed E-state index contributed by atoms with van der Waals surface area (Å²) >= 11 is 0. The molecule has 5 heteroatoms. The predicted octanol–water partition coefficient (Wildman–Crippen LogP) is 3.72. The van der Waals surface area contributed by atoms with Gasteiger partial charge in [-0.15, -0.1) is 0 Å². The van der Waals surface area contributed by atoms with Crippen molar-refractivity contribution in [1.82, 2.24) is 10.2 Å². The van der Waals surface area contributed by atoms with Crippen molar-refractivity contribution in [3.05, 3.63) is 65.2 Å². The van der Waals surface area contributed by atoms with E-state index < -0.39 is 6.10 Å². The molecule has 0 radical (unpaired) electrons. The lowest BCUT2D eigenvalue weighted by molar-refractivity contribution is -0.136. The standard InChI is InChI=1S/C24H30N2O3/c1-5-25-23(27)17(4)29-20-12-11-18-13-14-26(24(28)16(2)3)22(21(18)15-20)19-9-7-6-8-10-19/h6-12,15-17,22H,5,13-14H2,1-4H3,(H,25,27)/t17-,22+/m1/s1. The number of benzene rings is 2. The van der Waals surface area contributed by atoms with Crippen LogP contribution >= 0.6 is 0 Å². The minimum atomic E-state index is -0.583. The summed E-state index contributed by atoms with van der Waals surface area (Å²) in [7, 11) is 0. The molecular weight excluding hydrogens is 364 g/mol. The molecule has 1 N–H and O–H groups in total. The van der Waals surface area contributed by atoms with Crippen LogP contribution in [0.15, 0.2) is 48.5 Å². The van der Waals surface area contributed by atoms with Gasteiger partial charge in [0.2, 0.25) is 5.91 Å². The fourth-order valence-electron chi connectivity index (χ4n) is 3.81.